The van der Waals surface area contributed by atoms with Gasteiger partial charge in [0.05, 0.1) is 0 Å². The minimum absolute atomic E-state index is 0. The smallest absolute Gasteiger partial charge is 1.00 e. The Morgan fingerprint density at radius 3 is 2.00 bits per heavy atom. The molecule has 0 radical (unpaired) electrons. The standard InChI is InChI=1S/C15H8BrS.C15H10Br.2FH.Zr/c16-13-7-8-14-12-6-5-11(15(12)13)9-1-3-10(17-14)4-2-9;16-14-8-4-7-12-9-10-13(15(12)14)11-5-2-1-3-6-11;;;/h1-4,6-8,11H;1-9,13H;2*1H;/q2*-1;;;+4/p-2. The third kappa shape index (κ3) is 5.34. The normalized spacial score (nSPS) is 16.7. The molecule has 0 fully saturated rings. The van der Waals surface area contributed by atoms with E-state index in [1.807, 2.05) is 17.8 Å². The van der Waals surface area contributed by atoms with Crippen molar-refractivity contribution in [2.24, 2.45) is 0 Å². The molecule has 8 rings (SSSR count). The molecule has 0 N–H and O–H groups in total. The van der Waals surface area contributed by atoms with E-state index in [4.69, 9.17) is 0 Å². The van der Waals surface area contributed by atoms with Crippen LogP contribution >= 0.6 is 43.6 Å². The van der Waals surface area contributed by atoms with Gasteiger partial charge in [0.1, 0.15) is 0 Å². The number of allylic oxidation sites excluding steroid dienone is 2. The molecule has 2 atom stereocenters. The molecule has 0 spiro atoms. The van der Waals surface area contributed by atoms with E-state index in [9.17, 15) is 0 Å². The second kappa shape index (κ2) is 12.3. The van der Waals surface area contributed by atoms with Gasteiger partial charge in [0, 0.05) is 13.8 Å². The number of rotatable bonds is 1. The van der Waals surface area contributed by atoms with Crippen LogP contribution in [0.1, 0.15) is 45.2 Å². The Hall–Kier alpha value is -1.59. The van der Waals surface area contributed by atoms with Crippen LogP contribution in [0.25, 0.3) is 12.2 Å². The monoisotopic (exact) mass is 696 g/mol. The zero-order valence-electron chi connectivity index (χ0n) is 18.8. The van der Waals surface area contributed by atoms with E-state index in [-0.39, 0.29) is 47.4 Å². The zero-order chi connectivity index (χ0) is 22.4. The molecule has 36 heavy (non-hydrogen) atoms. The van der Waals surface area contributed by atoms with Gasteiger partial charge in [-0.05, 0) is 18.2 Å². The molecule has 0 saturated heterocycles. The van der Waals surface area contributed by atoms with Crippen molar-refractivity contribution < 1.29 is 35.6 Å². The Labute approximate surface area is 250 Å². The van der Waals surface area contributed by atoms with Crippen LogP contribution in [0, 0.1) is 12.2 Å². The molecule has 0 nitrogen and oxygen atoms in total. The molecule has 0 aromatic heterocycles. The van der Waals surface area contributed by atoms with Crippen LogP contribution < -0.4 is 9.41 Å². The minimum atomic E-state index is 0. The number of benzene rings is 4. The molecule has 0 saturated carbocycles. The molecule has 2 heterocycles. The Morgan fingerprint density at radius 1 is 0.611 bits per heavy atom. The summed E-state index contributed by atoms with van der Waals surface area (Å²) in [7, 11) is 0. The predicted molar refractivity (Wildman–Crippen MR) is 144 cm³/mol. The summed E-state index contributed by atoms with van der Waals surface area (Å²) in [6.07, 6.45) is 11.1. The van der Waals surface area contributed by atoms with Crippen LogP contribution in [0.5, 0.6) is 0 Å². The fourth-order valence-corrected chi connectivity index (χ4v) is 6.76. The first-order chi connectivity index (χ1) is 16.2. The minimum Gasteiger partial charge on any atom is -1.00 e. The van der Waals surface area contributed by atoms with Crippen molar-refractivity contribution in [3.05, 3.63) is 139 Å². The quantitative estimate of drug-likeness (QED) is 0.275. The maximum Gasteiger partial charge on any atom is 4.00 e. The molecule has 0 amide bonds. The molecule has 6 heteroatoms. The maximum absolute atomic E-state index is 3.67. The van der Waals surface area contributed by atoms with Crippen molar-refractivity contribution in [1.29, 1.82) is 0 Å². The number of halogens is 4. The third-order valence-electron chi connectivity index (χ3n) is 6.23. The summed E-state index contributed by atoms with van der Waals surface area (Å²) in [5.74, 6) is 0.554. The molecule has 4 aromatic rings. The van der Waals surface area contributed by atoms with Gasteiger partial charge in [-0.25, -0.2) is 12.2 Å². The third-order valence-corrected chi connectivity index (χ3v) is 8.70. The summed E-state index contributed by atoms with van der Waals surface area (Å²) in [4.78, 5) is 2.63. The fourth-order valence-electron chi connectivity index (χ4n) is 4.64. The van der Waals surface area contributed by atoms with Crippen LogP contribution in [-0.2, 0) is 26.2 Å². The molecular formula is C30H18Br2F2SZr. The van der Waals surface area contributed by atoms with Gasteiger partial charge in [0.25, 0.3) is 0 Å². The van der Waals surface area contributed by atoms with Crippen molar-refractivity contribution in [3.63, 3.8) is 0 Å². The van der Waals surface area contributed by atoms with Gasteiger partial charge in [-0.3, -0.25) is 12.2 Å². The first kappa shape index (κ1) is 29.0. The van der Waals surface area contributed by atoms with Gasteiger partial charge >= 0.3 is 26.2 Å². The fraction of sp³-hybridized carbons (Fsp3) is 0.0667. The van der Waals surface area contributed by atoms with Crippen LogP contribution in [0.2, 0.25) is 0 Å². The second-order valence-electron chi connectivity index (χ2n) is 8.19. The van der Waals surface area contributed by atoms with E-state index in [0.29, 0.717) is 0 Å². The molecule has 4 aliphatic rings. The number of hydrogen-bond donors (Lipinski definition) is 0. The summed E-state index contributed by atoms with van der Waals surface area (Å²) in [6, 6.07) is 30.0. The first-order valence-corrected chi connectivity index (χ1v) is 13.2. The molecule has 4 aromatic carbocycles. The Kier molecular flexibility index (Phi) is 9.90. The largest absolute Gasteiger partial charge is 4.00 e. The zero-order valence-corrected chi connectivity index (χ0v) is 25.3. The summed E-state index contributed by atoms with van der Waals surface area (Å²) in [6.45, 7) is 0. The van der Waals surface area contributed by atoms with Crippen molar-refractivity contribution in [2.75, 3.05) is 0 Å². The SMILES string of the molecule is Brc1ccc2c3c1C([C-]=C3)c1ccc(cc1)S2.Brc1cccc2c1C(c1ccccc1)[C-]=C2.[F-].[F-].[Zr+4]. The van der Waals surface area contributed by atoms with Crippen molar-refractivity contribution >= 4 is 55.8 Å². The van der Waals surface area contributed by atoms with Crippen LogP contribution in [0.15, 0.2) is 104 Å². The van der Waals surface area contributed by atoms with E-state index < -0.39 is 0 Å². The van der Waals surface area contributed by atoms with Gasteiger partial charge in [0.15, 0.2) is 0 Å². The van der Waals surface area contributed by atoms with E-state index in [1.54, 1.807) is 0 Å². The predicted octanol–water partition coefficient (Wildman–Crippen LogP) is 3.29. The van der Waals surface area contributed by atoms with Gasteiger partial charge in [0.2, 0.25) is 0 Å². The summed E-state index contributed by atoms with van der Waals surface area (Å²) in [5.41, 5.74) is 7.91. The number of hydrogen-bond acceptors (Lipinski definition) is 1. The Morgan fingerprint density at radius 2 is 1.25 bits per heavy atom. The molecular weight excluding hydrogens is 681 g/mol. The van der Waals surface area contributed by atoms with Gasteiger partial charge in [-0.15, -0.1) is 29.0 Å². The van der Waals surface area contributed by atoms with E-state index in [0.717, 1.165) is 0 Å². The van der Waals surface area contributed by atoms with Gasteiger partial charge in [-0.1, -0.05) is 120 Å². The molecule has 2 aliphatic carbocycles. The van der Waals surface area contributed by atoms with Crippen LogP contribution in [0.4, 0.5) is 0 Å². The van der Waals surface area contributed by atoms with Crippen LogP contribution in [-0.4, -0.2) is 0 Å². The van der Waals surface area contributed by atoms with Crippen molar-refractivity contribution in [1.82, 2.24) is 0 Å². The molecule has 2 unspecified atom stereocenters. The van der Waals surface area contributed by atoms with Crippen LogP contribution in [0.3, 0.4) is 0 Å². The number of fused-ring (bicyclic) bond motifs is 3. The Balaban J connectivity index is 0.000000185. The average Bonchev–Trinajstić information content (AvgIpc) is 3.50. The second-order valence-corrected chi connectivity index (χ2v) is 11.0. The maximum atomic E-state index is 3.67. The molecule has 2 aliphatic heterocycles. The summed E-state index contributed by atoms with van der Waals surface area (Å²) >= 11 is 9.13. The summed E-state index contributed by atoms with van der Waals surface area (Å²) in [5, 5.41) is 0. The van der Waals surface area contributed by atoms with E-state index in [1.165, 1.54) is 52.1 Å². The topological polar surface area (TPSA) is 0 Å². The average molecular weight is 700 g/mol. The summed E-state index contributed by atoms with van der Waals surface area (Å²) < 4.78 is 2.35. The van der Waals surface area contributed by atoms with Gasteiger partial charge < -0.3 is 9.41 Å². The molecule has 176 valence electrons. The molecule has 6 bridgehead atoms. The van der Waals surface area contributed by atoms with Crippen molar-refractivity contribution in [2.45, 2.75) is 21.6 Å². The van der Waals surface area contributed by atoms with E-state index in [2.05, 4.69) is 135 Å². The Bertz CT molecular complexity index is 1420. The van der Waals surface area contributed by atoms with Crippen molar-refractivity contribution in [3.8, 4) is 0 Å². The van der Waals surface area contributed by atoms with Gasteiger partial charge in [-0.2, -0.15) is 11.1 Å². The first-order valence-electron chi connectivity index (χ1n) is 10.8. The van der Waals surface area contributed by atoms with E-state index >= 15 is 0 Å².